The fourth-order valence-electron chi connectivity index (χ4n) is 3.03. The largest absolute Gasteiger partial charge is 0.326 e. The quantitative estimate of drug-likeness (QED) is 0.469. The van der Waals surface area contributed by atoms with Gasteiger partial charge in [-0.2, -0.15) is 10.5 Å². The summed E-state index contributed by atoms with van der Waals surface area (Å²) in [5.41, 5.74) is 1.90. The lowest BCUT2D eigenvalue weighted by Gasteiger charge is -2.22. The molecule has 3 amide bonds. The maximum absolute atomic E-state index is 12.9. The van der Waals surface area contributed by atoms with Crippen molar-refractivity contribution >= 4 is 39.0 Å². The fourth-order valence-corrected chi connectivity index (χ4v) is 4.00. The molecule has 0 aliphatic heterocycles. The van der Waals surface area contributed by atoms with E-state index in [1.165, 1.54) is 0 Å². The Morgan fingerprint density at radius 1 is 1.13 bits per heavy atom. The molecule has 0 aliphatic rings. The van der Waals surface area contributed by atoms with Gasteiger partial charge in [0.1, 0.15) is 6.04 Å². The first-order valence-corrected chi connectivity index (χ1v) is 10.2. The molecular formula is C22H19N5O2S. The van der Waals surface area contributed by atoms with E-state index in [-0.39, 0.29) is 13.0 Å². The molecule has 0 spiro atoms. The van der Waals surface area contributed by atoms with E-state index in [1.54, 1.807) is 42.5 Å². The Morgan fingerprint density at radius 3 is 2.53 bits per heavy atom. The summed E-state index contributed by atoms with van der Waals surface area (Å²) < 4.78 is 1.09. The second-order valence-electron chi connectivity index (χ2n) is 6.48. The molecule has 2 N–H and O–H groups in total. The standard InChI is InChI=1S/C22H19N5O2S/c1-2-27(14-24)21(28)19(11-16-13-30-20-6-4-3-5-18(16)20)26-22(29)25-17-9-7-15(12-23)8-10-17/h3-10,13,19H,2,11H2,1H3,(H2,25,26,29). The molecule has 1 unspecified atom stereocenters. The number of urea groups is 1. The van der Waals surface area contributed by atoms with E-state index in [2.05, 4.69) is 10.6 Å². The highest BCUT2D eigenvalue weighted by atomic mass is 32.1. The first kappa shape index (κ1) is 20.8. The lowest BCUT2D eigenvalue weighted by atomic mass is 10.0. The highest BCUT2D eigenvalue weighted by Crippen LogP contribution is 2.26. The third kappa shape index (κ3) is 4.75. The number of hydrogen-bond donors (Lipinski definition) is 2. The van der Waals surface area contributed by atoms with Crippen LogP contribution in [-0.2, 0) is 11.2 Å². The summed E-state index contributed by atoms with van der Waals surface area (Å²) >= 11 is 1.57. The third-order valence-corrected chi connectivity index (χ3v) is 5.58. The second kappa shape index (κ2) is 9.55. The number of nitrogens with one attached hydrogen (secondary N) is 2. The van der Waals surface area contributed by atoms with Gasteiger partial charge in [0.25, 0.3) is 5.91 Å². The minimum Gasteiger partial charge on any atom is -0.326 e. The zero-order chi connectivity index (χ0) is 21.5. The summed E-state index contributed by atoms with van der Waals surface area (Å²) in [5.74, 6) is -0.467. The average Bonchev–Trinajstić information content (AvgIpc) is 3.17. The molecule has 0 fully saturated rings. The molecule has 0 radical (unpaired) electrons. The first-order valence-electron chi connectivity index (χ1n) is 9.29. The van der Waals surface area contributed by atoms with Gasteiger partial charge >= 0.3 is 6.03 Å². The van der Waals surface area contributed by atoms with E-state index < -0.39 is 18.0 Å². The third-order valence-electron chi connectivity index (χ3n) is 4.56. The van der Waals surface area contributed by atoms with Crippen LogP contribution in [0.25, 0.3) is 10.1 Å². The monoisotopic (exact) mass is 417 g/mol. The number of benzene rings is 2. The Hall–Kier alpha value is -3.88. The van der Waals surface area contributed by atoms with Crippen LogP contribution in [0.2, 0.25) is 0 Å². The van der Waals surface area contributed by atoms with Gasteiger partial charge in [-0.1, -0.05) is 18.2 Å². The van der Waals surface area contributed by atoms with Crippen molar-refractivity contribution < 1.29 is 9.59 Å². The van der Waals surface area contributed by atoms with E-state index in [4.69, 9.17) is 5.26 Å². The first-order chi connectivity index (χ1) is 14.5. The van der Waals surface area contributed by atoms with Gasteiger partial charge in [-0.25, -0.2) is 9.69 Å². The summed E-state index contributed by atoms with van der Waals surface area (Å²) in [5, 5.41) is 26.5. The number of rotatable bonds is 6. The SMILES string of the molecule is CCN(C#N)C(=O)C(Cc1csc2ccccc12)NC(=O)Nc1ccc(C#N)cc1. The van der Waals surface area contributed by atoms with E-state index in [9.17, 15) is 14.9 Å². The molecule has 0 aliphatic carbocycles. The normalized spacial score (nSPS) is 11.2. The number of anilines is 1. The van der Waals surface area contributed by atoms with Gasteiger partial charge in [0, 0.05) is 23.4 Å². The zero-order valence-corrected chi connectivity index (χ0v) is 17.1. The van der Waals surface area contributed by atoms with Crippen LogP contribution in [0, 0.1) is 22.8 Å². The van der Waals surface area contributed by atoms with Crippen molar-refractivity contribution in [3.05, 3.63) is 65.0 Å². The number of nitrogens with zero attached hydrogens (tertiary/aromatic N) is 3. The lowest BCUT2D eigenvalue weighted by molar-refractivity contribution is -0.129. The van der Waals surface area contributed by atoms with Gasteiger partial charge in [0.2, 0.25) is 0 Å². The van der Waals surface area contributed by atoms with Crippen molar-refractivity contribution in [1.29, 1.82) is 10.5 Å². The van der Waals surface area contributed by atoms with Crippen LogP contribution < -0.4 is 10.6 Å². The van der Waals surface area contributed by atoms with Crippen molar-refractivity contribution in [2.45, 2.75) is 19.4 Å². The van der Waals surface area contributed by atoms with Crippen LogP contribution in [0.1, 0.15) is 18.1 Å². The van der Waals surface area contributed by atoms with Crippen LogP contribution in [0.3, 0.4) is 0 Å². The van der Waals surface area contributed by atoms with Crippen molar-refractivity contribution in [3.8, 4) is 12.3 Å². The lowest BCUT2D eigenvalue weighted by Crippen LogP contribution is -2.49. The summed E-state index contributed by atoms with van der Waals surface area (Å²) in [7, 11) is 0. The van der Waals surface area contributed by atoms with Gasteiger partial charge in [0.15, 0.2) is 6.19 Å². The maximum Gasteiger partial charge on any atom is 0.319 e. The molecule has 3 aromatic rings. The molecule has 3 rings (SSSR count). The number of fused-ring (bicyclic) bond motifs is 1. The minimum absolute atomic E-state index is 0.217. The zero-order valence-electron chi connectivity index (χ0n) is 16.3. The molecule has 7 nitrogen and oxygen atoms in total. The van der Waals surface area contributed by atoms with Crippen LogP contribution in [0.4, 0.5) is 10.5 Å². The van der Waals surface area contributed by atoms with Crippen molar-refractivity contribution in [2.24, 2.45) is 0 Å². The van der Waals surface area contributed by atoms with Gasteiger partial charge in [0.05, 0.1) is 11.6 Å². The smallest absolute Gasteiger partial charge is 0.319 e. The molecule has 1 heterocycles. The topological polar surface area (TPSA) is 109 Å². The van der Waals surface area contributed by atoms with E-state index in [1.807, 2.05) is 41.9 Å². The van der Waals surface area contributed by atoms with Crippen LogP contribution in [-0.4, -0.2) is 29.4 Å². The van der Waals surface area contributed by atoms with E-state index in [0.29, 0.717) is 11.3 Å². The molecule has 30 heavy (non-hydrogen) atoms. The van der Waals surface area contributed by atoms with Crippen LogP contribution in [0.15, 0.2) is 53.9 Å². The minimum atomic E-state index is -0.902. The number of hydrogen-bond acceptors (Lipinski definition) is 5. The summed E-state index contributed by atoms with van der Waals surface area (Å²) in [6.45, 7) is 1.92. The molecule has 150 valence electrons. The molecule has 0 bridgehead atoms. The Morgan fingerprint density at radius 2 is 1.87 bits per heavy atom. The second-order valence-corrected chi connectivity index (χ2v) is 7.40. The van der Waals surface area contributed by atoms with Gasteiger partial charge in [-0.15, -0.1) is 11.3 Å². The van der Waals surface area contributed by atoms with Crippen molar-refractivity contribution in [2.75, 3.05) is 11.9 Å². The highest BCUT2D eigenvalue weighted by Gasteiger charge is 2.26. The predicted octanol–water partition coefficient (Wildman–Crippen LogP) is 3.84. The number of nitriles is 2. The Bertz CT molecular complexity index is 1140. The van der Waals surface area contributed by atoms with E-state index >= 15 is 0 Å². The number of thiophene rings is 1. The summed E-state index contributed by atoms with van der Waals surface area (Å²) in [4.78, 5) is 26.4. The summed E-state index contributed by atoms with van der Waals surface area (Å²) in [6.07, 6.45) is 2.13. The molecule has 0 saturated carbocycles. The maximum atomic E-state index is 12.9. The predicted molar refractivity (Wildman–Crippen MR) is 116 cm³/mol. The van der Waals surface area contributed by atoms with Crippen molar-refractivity contribution in [3.63, 3.8) is 0 Å². The van der Waals surface area contributed by atoms with Crippen molar-refractivity contribution in [1.82, 2.24) is 10.2 Å². The summed E-state index contributed by atoms with van der Waals surface area (Å²) in [6, 6.07) is 14.8. The molecule has 1 atom stereocenters. The molecule has 0 saturated heterocycles. The van der Waals surface area contributed by atoms with Gasteiger partial charge in [-0.05, 0) is 53.6 Å². The van der Waals surface area contributed by atoms with Crippen LogP contribution in [0.5, 0.6) is 0 Å². The van der Waals surface area contributed by atoms with E-state index in [0.717, 1.165) is 20.5 Å². The molecule has 8 heteroatoms. The number of carbonyl (C=O) groups excluding carboxylic acids is 2. The fraction of sp³-hybridized carbons (Fsp3) is 0.182. The van der Waals surface area contributed by atoms with Crippen LogP contribution >= 0.6 is 11.3 Å². The average molecular weight is 417 g/mol. The Balaban J connectivity index is 1.80. The Labute approximate surface area is 178 Å². The number of likely N-dealkylation sites (N-methyl/N-ethyl adjacent to an activating group) is 1. The highest BCUT2D eigenvalue weighted by molar-refractivity contribution is 7.17. The number of amides is 3. The molecular weight excluding hydrogens is 398 g/mol. The Kier molecular flexibility index (Phi) is 6.63. The molecule has 1 aromatic heterocycles. The van der Waals surface area contributed by atoms with Gasteiger partial charge < -0.3 is 10.6 Å². The number of carbonyl (C=O) groups is 2. The van der Waals surface area contributed by atoms with Gasteiger partial charge in [-0.3, -0.25) is 4.79 Å². The molecule has 2 aromatic carbocycles.